The van der Waals surface area contributed by atoms with E-state index in [0.29, 0.717) is 6.04 Å². The molecule has 3 nitrogen and oxygen atoms in total. The van der Waals surface area contributed by atoms with Crippen molar-refractivity contribution in [2.45, 2.75) is 45.3 Å². The molecule has 0 aromatic heterocycles. The molecular formula is C17H28N2O. The molecule has 1 aromatic rings. The lowest BCUT2D eigenvalue weighted by Gasteiger charge is -2.31. The fourth-order valence-electron chi connectivity index (χ4n) is 2.72. The van der Waals surface area contributed by atoms with Crippen LogP contribution in [0.15, 0.2) is 24.3 Å². The van der Waals surface area contributed by atoms with Gasteiger partial charge >= 0.3 is 0 Å². The van der Waals surface area contributed by atoms with Gasteiger partial charge in [0, 0.05) is 32.3 Å². The van der Waals surface area contributed by atoms with Gasteiger partial charge in [-0.2, -0.15) is 0 Å². The molecule has 0 aliphatic carbocycles. The third-order valence-electron chi connectivity index (χ3n) is 4.03. The van der Waals surface area contributed by atoms with Crippen LogP contribution in [-0.4, -0.2) is 37.7 Å². The van der Waals surface area contributed by atoms with E-state index in [2.05, 4.69) is 48.5 Å². The predicted molar refractivity (Wildman–Crippen MR) is 83.7 cm³/mol. The first-order valence-electron chi connectivity index (χ1n) is 7.86. The van der Waals surface area contributed by atoms with Gasteiger partial charge in [-0.15, -0.1) is 0 Å². The Balaban J connectivity index is 1.80. The second-order valence-corrected chi connectivity index (χ2v) is 5.75. The molecule has 1 aliphatic heterocycles. The average molecular weight is 276 g/mol. The maximum absolute atomic E-state index is 5.43. The first kappa shape index (κ1) is 15.5. The highest BCUT2D eigenvalue weighted by molar-refractivity contribution is 5.22. The summed E-state index contributed by atoms with van der Waals surface area (Å²) in [6, 6.07) is 9.69. The molecule has 1 fully saturated rings. The van der Waals surface area contributed by atoms with Crippen LogP contribution in [0.5, 0.6) is 0 Å². The van der Waals surface area contributed by atoms with Gasteiger partial charge in [0.2, 0.25) is 0 Å². The van der Waals surface area contributed by atoms with Gasteiger partial charge in [-0.3, -0.25) is 4.90 Å². The van der Waals surface area contributed by atoms with Gasteiger partial charge in [0.15, 0.2) is 0 Å². The van der Waals surface area contributed by atoms with Gasteiger partial charge < -0.3 is 10.1 Å². The molecule has 0 amide bonds. The maximum Gasteiger partial charge on any atom is 0.0480 e. The zero-order chi connectivity index (χ0) is 14.2. The molecule has 1 aromatic carbocycles. The van der Waals surface area contributed by atoms with Gasteiger partial charge in [-0.05, 0) is 44.0 Å². The molecule has 0 radical (unpaired) electrons. The van der Waals surface area contributed by atoms with Crippen molar-refractivity contribution in [1.29, 1.82) is 0 Å². The maximum atomic E-state index is 5.43. The molecular weight excluding hydrogens is 248 g/mol. The summed E-state index contributed by atoms with van der Waals surface area (Å²) in [6.45, 7) is 7.13. The summed E-state index contributed by atoms with van der Waals surface area (Å²) in [4.78, 5) is 2.47. The Hall–Kier alpha value is -0.900. The van der Waals surface area contributed by atoms with Crippen molar-refractivity contribution in [2.75, 3.05) is 26.8 Å². The number of nitrogens with zero attached hydrogens (tertiary/aromatic N) is 1. The third kappa shape index (κ3) is 4.89. The van der Waals surface area contributed by atoms with E-state index in [9.17, 15) is 0 Å². The molecule has 0 spiro atoms. The van der Waals surface area contributed by atoms with E-state index in [0.717, 1.165) is 45.7 Å². The number of hydrogen-bond acceptors (Lipinski definition) is 3. The lowest BCUT2D eigenvalue weighted by atomic mass is 10.1. The van der Waals surface area contributed by atoms with Gasteiger partial charge in [0.25, 0.3) is 0 Å². The molecule has 0 unspecified atom stereocenters. The van der Waals surface area contributed by atoms with Crippen LogP contribution in [0.25, 0.3) is 0 Å². The van der Waals surface area contributed by atoms with Gasteiger partial charge in [0.05, 0.1) is 0 Å². The second-order valence-electron chi connectivity index (χ2n) is 5.75. The summed E-state index contributed by atoms with van der Waals surface area (Å²) < 4.78 is 5.43. The molecule has 3 heteroatoms. The lowest BCUT2D eigenvalue weighted by molar-refractivity contribution is 0.0407. The van der Waals surface area contributed by atoms with Crippen molar-refractivity contribution in [2.24, 2.45) is 0 Å². The summed E-state index contributed by atoms with van der Waals surface area (Å²) in [7, 11) is 2.23. The van der Waals surface area contributed by atoms with Crippen LogP contribution >= 0.6 is 0 Å². The van der Waals surface area contributed by atoms with Crippen LogP contribution in [0.4, 0.5) is 0 Å². The van der Waals surface area contributed by atoms with Gasteiger partial charge in [-0.25, -0.2) is 0 Å². The van der Waals surface area contributed by atoms with Crippen LogP contribution in [0.2, 0.25) is 0 Å². The Labute approximate surface area is 123 Å². The zero-order valence-corrected chi connectivity index (χ0v) is 12.9. The Morgan fingerprint density at radius 2 is 1.80 bits per heavy atom. The summed E-state index contributed by atoms with van der Waals surface area (Å²) in [5, 5.41) is 3.44. The largest absolute Gasteiger partial charge is 0.381 e. The molecule has 0 bridgehead atoms. The fraction of sp³-hybridized carbons (Fsp3) is 0.647. The Morgan fingerprint density at radius 3 is 2.45 bits per heavy atom. The molecule has 0 atom stereocenters. The lowest BCUT2D eigenvalue weighted by Crippen LogP contribution is -2.36. The minimum absolute atomic E-state index is 0.676. The van der Waals surface area contributed by atoms with Crippen LogP contribution in [0.1, 0.15) is 37.3 Å². The molecule has 2 rings (SSSR count). The smallest absolute Gasteiger partial charge is 0.0480 e. The number of nitrogens with one attached hydrogen (secondary N) is 1. The number of rotatable bonds is 7. The highest BCUT2D eigenvalue weighted by atomic mass is 16.5. The van der Waals surface area contributed by atoms with E-state index in [-0.39, 0.29) is 0 Å². The summed E-state index contributed by atoms with van der Waals surface area (Å²) in [5.41, 5.74) is 2.77. The van der Waals surface area contributed by atoms with E-state index >= 15 is 0 Å². The molecule has 0 saturated carbocycles. The van der Waals surface area contributed by atoms with Crippen molar-refractivity contribution >= 4 is 0 Å². The first-order valence-corrected chi connectivity index (χ1v) is 7.86. The zero-order valence-electron chi connectivity index (χ0n) is 12.9. The minimum atomic E-state index is 0.676. The number of hydrogen-bond donors (Lipinski definition) is 1. The third-order valence-corrected chi connectivity index (χ3v) is 4.03. The van der Waals surface area contributed by atoms with Crippen molar-refractivity contribution in [3.8, 4) is 0 Å². The molecule has 112 valence electrons. The highest BCUT2D eigenvalue weighted by Crippen LogP contribution is 2.16. The van der Waals surface area contributed by atoms with Crippen molar-refractivity contribution in [3.63, 3.8) is 0 Å². The summed E-state index contributed by atoms with van der Waals surface area (Å²) >= 11 is 0. The minimum Gasteiger partial charge on any atom is -0.381 e. The molecule has 1 saturated heterocycles. The monoisotopic (exact) mass is 276 g/mol. The fourth-order valence-corrected chi connectivity index (χ4v) is 2.72. The number of ether oxygens (including phenoxy) is 1. The van der Waals surface area contributed by atoms with Crippen molar-refractivity contribution < 1.29 is 4.74 Å². The summed E-state index contributed by atoms with van der Waals surface area (Å²) in [6.07, 6.45) is 3.51. The van der Waals surface area contributed by atoms with E-state index in [1.165, 1.54) is 17.5 Å². The Morgan fingerprint density at radius 1 is 1.15 bits per heavy atom. The second kappa shape index (κ2) is 8.40. The van der Waals surface area contributed by atoms with Gasteiger partial charge in [0.1, 0.15) is 0 Å². The van der Waals surface area contributed by atoms with E-state index < -0.39 is 0 Å². The SMILES string of the molecule is CCCNCc1ccc(CN(C)C2CCOCC2)cc1. The Bertz CT molecular complexity index is 371. The number of benzene rings is 1. The van der Waals surface area contributed by atoms with Gasteiger partial charge in [-0.1, -0.05) is 31.2 Å². The van der Waals surface area contributed by atoms with Crippen LogP contribution in [0.3, 0.4) is 0 Å². The van der Waals surface area contributed by atoms with E-state index in [1.807, 2.05) is 0 Å². The quantitative estimate of drug-likeness (QED) is 0.775. The molecule has 1 heterocycles. The Kier molecular flexibility index (Phi) is 6.51. The summed E-state index contributed by atoms with van der Waals surface area (Å²) in [5.74, 6) is 0. The average Bonchev–Trinajstić information content (AvgIpc) is 2.50. The predicted octanol–water partition coefficient (Wildman–Crippen LogP) is 2.80. The van der Waals surface area contributed by atoms with Crippen LogP contribution in [0, 0.1) is 0 Å². The van der Waals surface area contributed by atoms with Crippen molar-refractivity contribution in [3.05, 3.63) is 35.4 Å². The van der Waals surface area contributed by atoms with Crippen LogP contribution < -0.4 is 5.32 Å². The molecule has 1 N–H and O–H groups in total. The normalized spacial score (nSPS) is 16.8. The first-order chi connectivity index (χ1) is 9.79. The standard InChI is InChI=1S/C17H28N2O/c1-3-10-18-13-15-4-6-16(7-5-15)14-19(2)17-8-11-20-12-9-17/h4-7,17-18H,3,8-14H2,1-2H3. The molecule has 1 aliphatic rings. The highest BCUT2D eigenvalue weighted by Gasteiger charge is 2.18. The van der Waals surface area contributed by atoms with E-state index in [1.54, 1.807) is 0 Å². The van der Waals surface area contributed by atoms with E-state index in [4.69, 9.17) is 4.74 Å². The molecule has 20 heavy (non-hydrogen) atoms. The van der Waals surface area contributed by atoms with Crippen molar-refractivity contribution in [1.82, 2.24) is 10.2 Å². The topological polar surface area (TPSA) is 24.5 Å². The van der Waals surface area contributed by atoms with Crippen LogP contribution in [-0.2, 0) is 17.8 Å².